The van der Waals surface area contributed by atoms with E-state index >= 15 is 0 Å². The van der Waals surface area contributed by atoms with E-state index in [0.717, 1.165) is 33.8 Å². The molecule has 0 unspecified atom stereocenters. The Morgan fingerprint density at radius 2 is 1.69 bits per heavy atom. The van der Waals surface area contributed by atoms with Crippen molar-refractivity contribution in [1.29, 1.82) is 0 Å². The third-order valence-electron chi connectivity index (χ3n) is 11.0. The van der Waals surface area contributed by atoms with E-state index in [2.05, 4.69) is 38.2 Å². The molecule has 3 heterocycles. The highest BCUT2D eigenvalue weighted by Gasteiger charge is 2.67. The second-order valence-electron chi connectivity index (χ2n) is 13.8. The van der Waals surface area contributed by atoms with Crippen molar-refractivity contribution in [3.8, 4) is 5.75 Å². The Morgan fingerprint density at radius 3 is 2.38 bits per heavy atom. The first-order valence-electron chi connectivity index (χ1n) is 16.6. The molecule has 1 fully saturated rings. The van der Waals surface area contributed by atoms with E-state index in [0.29, 0.717) is 18.0 Å². The quantitative estimate of drug-likeness (QED) is 0.223. The van der Waals surface area contributed by atoms with Crippen LogP contribution in [0.2, 0.25) is 23.7 Å². The van der Waals surface area contributed by atoms with Gasteiger partial charge in [-0.25, -0.2) is 0 Å². The molecule has 3 aliphatic rings. The maximum atomic E-state index is 15.0. The number of hydrogen-bond donors (Lipinski definition) is 1. The molecule has 7 rings (SSSR count). The lowest BCUT2D eigenvalue weighted by molar-refractivity contribution is -0.150. The topological polar surface area (TPSA) is 79.3 Å². The Kier molecular flexibility index (Phi) is 8.48. The molecule has 248 valence electrons. The van der Waals surface area contributed by atoms with Crippen molar-refractivity contribution in [2.75, 3.05) is 18.6 Å². The predicted molar refractivity (Wildman–Crippen MR) is 191 cm³/mol. The van der Waals surface area contributed by atoms with Crippen molar-refractivity contribution in [1.82, 2.24) is 4.90 Å². The molecule has 3 aliphatic heterocycles. The number of nitrogens with zero attached hydrogens (tertiary/aromatic N) is 2. The van der Waals surface area contributed by atoms with Crippen LogP contribution in [-0.4, -0.2) is 55.8 Å². The smallest absolute Gasteiger partial charge is 0.268 e. The number of anilines is 2. The zero-order valence-electron chi connectivity index (χ0n) is 27.7. The summed E-state index contributed by atoms with van der Waals surface area (Å²) in [7, 11) is -0.817. The van der Waals surface area contributed by atoms with Gasteiger partial charge in [-0.05, 0) is 65.6 Å². The van der Waals surface area contributed by atoms with E-state index in [-0.39, 0.29) is 42.3 Å². The molecular formula is C39H41ClN2O5Si. The minimum atomic E-state index is -2.47. The third-order valence-corrected chi connectivity index (χ3v) is 15.6. The highest BCUT2D eigenvalue weighted by molar-refractivity contribution is 6.91. The Labute approximate surface area is 288 Å². The third kappa shape index (κ3) is 5.17. The van der Waals surface area contributed by atoms with Crippen LogP contribution < -0.4 is 14.8 Å². The molecular weight excluding hydrogens is 640 g/mol. The van der Waals surface area contributed by atoms with Crippen LogP contribution in [0, 0.1) is 5.92 Å². The lowest BCUT2D eigenvalue weighted by atomic mass is 9.82. The molecule has 0 aromatic heterocycles. The average molecular weight is 681 g/mol. The van der Waals surface area contributed by atoms with Gasteiger partial charge in [0.1, 0.15) is 5.75 Å². The molecule has 0 radical (unpaired) electrons. The standard InChI is InChI=1S/C39H41ClN2O5Si/c1-25-37(48(3,4)32-17-15-31(46-2)16-18-32)35(22-36(44)41-23-27-11-9-8-10-26(27)20-30(41)24-43)47-39(25)33-21-28(40)14-19-34(33)42(38(39)45)29-12-6-5-7-13-29/h5-19,21,25,30,35,37,43H,20,22-24H2,1-4H3/t25-,30+,35+,37-,39+/m1/s1. The highest BCUT2D eigenvalue weighted by atomic mass is 35.5. The van der Waals surface area contributed by atoms with E-state index in [1.165, 1.54) is 5.19 Å². The molecule has 1 spiro atoms. The van der Waals surface area contributed by atoms with Crippen LogP contribution in [0.3, 0.4) is 0 Å². The van der Waals surface area contributed by atoms with Gasteiger partial charge in [0.05, 0.1) is 46.0 Å². The van der Waals surface area contributed by atoms with Gasteiger partial charge in [-0.2, -0.15) is 0 Å². The number of hydrogen-bond acceptors (Lipinski definition) is 5. The van der Waals surface area contributed by atoms with Gasteiger partial charge in [0.25, 0.3) is 5.91 Å². The summed E-state index contributed by atoms with van der Waals surface area (Å²) in [5.74, 6) is 0.237. The number of aliphatic hydroxyl groups excluding tert-OH is 1. The zero-order chi connectivity index (χ0) is 33.8. The number of carbonyl (C=O) groups excluding carboxylic acids is 2. The number of halogens is 1. The van der Waals surface area contributed by atoms with Crippen molar-refractivity contribution in [2.45, 2.75) is 62.7 Å². The summed E-state index contributed by atoms with van der Waals surface area (Å²) in [5.41, 5.74) is 3.01. The molecule has 1 N–H and O–H groups in total. The first kappa shape index (κ1) is 32.6. The summed E-state index contributed by atoms with van der Waals surface area (Å²) in [6, 6.07) is 31.1. The van der Waals surface area contributed by atoms with Gasteiger partial charge in [0.2, 0.25) is 5.91 Å². The summed E-state index contributed by atoms with van der Waals surface area (Å²) >= 11 is 6.65. The fourth-order valence-corrected chi connectivity index (χ4v) is 12.8. The molecule has 0 saturated carbocycles. The Balaban J connectivity index is 1.32. The van der Waals surface area contributed by atoms with Crippen molar-refractivity contribution in [3.05, 3.63) is 119 Å². The number of methoxy groups -OCH3 is 1. The van der Waals surface area contributed by atoms with Gasteiger partial charge < -0.3 is 19.5 Å². The molecule has 9 heteroatoms. The minimum absolute atomic E-state index is 0.0842. The molecule has 4 aromatic rings. The van der Waals surface area contributed by atoms with Crippen molar-refractivity contribution in [2.24, 2.45) is 5.92 Å². The number of rotatable bonds is 7. The summed E-state index contributed by atoms with van der Waals surface area (Å²) in [6.45, 7) is 7.01. The Morgan fingerprint density at radius 1 is 1.00 bits per heavy atom. The monoisotopic (exact) mass is 680 g/mol. The predicted octanol–water partition coefficient (Wildman–Crippen LogP) is 6.58. The van der Waals surface area contributed by atoms with Crippen molar-refractivity contribution < 1.29 is 24.2 Å². The van der Waals surface area contributed by atoms with Crippen LogP contribution in [0.5, 0.6) is 5.75 Å². The Hall–Kier alpha value is -3.95. The van der Waals surface area contributed by atoms with E-state index < -0.39 is 19.8 Å². The van der Waals surface area contributed by atoms with Gasteiger partial charge in [-0.15, -0.1) is 0 Å². The molecule has 2 amide bonds. The van der Waals surface area contributed by atoms with Gasteiger partial charge in [-0.3, -0.25) is 14.5 Å². The van der Waals surface area contributed by atoms with Gasteiger partial charge in [-0.1, -0.05) is 91.4 Å². The molecule has 5 atom stereocenters. The van der Waals surface area contributed by atoms with Crippen LogP contribution in [0.15, 0.2) is 97.1 Å². The average Bonchev–Trinajstić information content (AvgIpc) is 3.53. The lowest BCUT2D eigenvalue weighted by Gasteiger charge is -2.39. The van der Waals surface area contributed by atoms with Crippen LogP contribution in [0.4, 0.5) is 11.4 Å². The second kappa shape index (κ2) is 12.5. The molecule has 0 bridgehead atoms. The van der Waals surface area contributed by atoms with Crippen LogP contribution >= 0.6 is 11.6 Å². The number of benzene rings is 4. The van der Waals surface area contributed by atoms with Crippen molar-refractivity contribution in [3.63, 3.8) is 0 Å². The summed E-state index contributed by atoms with van der Waals surface area (Å²) < 4.78 is 12.6. The SMILES string of the molecule is COc1ccc([Si](C)(C)[C@H]2[C@H](CC(=O)N3Cc4ccccc4C[C@H]3CO)O[C@@]3(C(=O)N(c4ccccc4)c4ccc(Cl)cc43)[C@@H]2C)cc1. The summed E-state index contributed by atoms with van der Waals surface area (Å²) in [6.07, 6.45) is 0.131. The number of aliphatic hydroxyl groups is 1. The van der Waals surface area contributed by atoms with Crippen molar-refractivity contribution >= 4 is 48.1 Å². The first-order valence-corrected chi connectivity index (χ1v) is 20.0. The largest absolute Gasteiger partial charge is 0.497 e. The summed E-state index contributed by atoms with van der Waals surface area (Å²) in [4.78, 5) is 33.0. The minimum Gasteiger partial charge on any atom is -0.497 e. The van der Waals surface area contributed by atoms with Crippen LogP contribution in [0.25, 0.3) is 0 Å². The maximum Gasteiger partial charge on any atom is 0.268 e. The van der Waals surface area contributed by atoms with Gasteiger partial charge >= 0.3 is 0 Å². The molecule has 0 aliphatic carbocycles. The molecule has 48 heavy (non-hydrogen) atoms. The van der Waals surface area contributed by atoms with Crippen LogP contribution in [-0.2, 0) is 32.9 Å². The van der Waals surface area contributed by atoms with E-state index in [9.17, 15) is 14.7 Å². The fraction of sp³-hybridized carbons (Fsp3) is 0.333. The maximum absolute atomic E-state index is 15.0. The number of amides is 2. The van der Waals surface area contributed by atoms with Gasteiger partial charge in [0.15, 0.2) is 5.60 Å². The van der Waals surface area contributed by atoms with E-state index in [1.807, 2.05) is 72.8 Å². The fourth-order valence-electron chi connectivity index (χ4n) is 8.58. The lowest BCUT2D eigenvalue weighted by Crippen LogP contribution is -2.52. The number of carbonyl (C=O) groups is 2. The Bertz CT molecular complexity index is 1850. The van der Waals surface area contributed by atoms with E-state index in [4.69, 9.17) is 21.1 Å². The number of ether oxygens (including phenoxy) is 2. The van der Waals surface area contributed by atoms with Crippen LogP contribution in [0.1, 0.15) is 30.0 Å². The summed E-state index contributed by atoms with van der Waals surface area (Å²) in [5, 5.41) is 12.1. The van der Waals surface area contributed by atoms with Gasteiger partial charge in [0, 0.05) is 28.7 Å². The van der Waals surface area contributed by atoms with E-state index in [1.54, 1.807) is 23.0 Å². The molecule has 7 nitrogen and oxygen atoms in total. The first-order chi connectivity index (χ1) is 23.1. The second-order valence-corrected chi connectivity index (χ2v) is 19.0. The number of fused-ring (bicyclic) bond motifs is 3. The number of para-hydroxylation sites is 1. The highest BCUT2D eigenvalue weighted by Crippen LogP contribution is 2.61. The molecule has 1 saturated heterocycles. The molecule has 4 aromatic carbocycles. The normalized spacial score (nSPS) is 24.9. The zero-order valence-corrected chi connectivity index (χ0v) is 29.5.